The summed E-state index contributed by atoms with van der Waals surface area (Å²) in [5.41, 5.74) is 5.90. The third-order valence-corrected chi connectivity index (χ3v) is 4.41. The zero-order chi connectivity index (χ0) is 15.4. The molecule has 0 radical (unpaired) electrons. The number of fused-ring (bicyclic) bond motifs is 3. The van der Waals surface area contributed by atoms with Gasteiger partial charge in [-0.05, 0) is 44.5 Å². The van der Waals surface area contributed by atoms with Crippen molar-refractivity contribution < 1.29 is 4.52 Å². The molecule has 4 aromatic rings. The normalized spacial score (nSPS) is 11.6. The van der Waals surface area contributed by atoms with Gasteiger partial charge in [-0.3, -0.25) is 9.07 Å². The van der Waals surface area contributed by atoms with E-state index in [4.69, 9.17) is 16.3 Å². The van der Waals surface area contributed by atoms with E-state index in [9.17, 15) is 0 Å². The van der Waals surface area contributed by atoms with Gasteiger partial charge in [-0.2, -0.15) is 0 Å². The van der Waals surface area contributed by atoms with Crippen LogP contribution in [0, 0.1) is 20.8 Å². The number of hydrogen-bond donors (Lipinski definition) is 0. The third kappa shape index (κ3) is 1.77. The van der Waals surface area contributed by atoms with E-state index < -0.39 is 0 Å². The Morgan fingerprint density at radius 3 is 2.59 bits per heavy atom. The summed E-state index contributed by atoms with van der Waals surface area (Å²) < 4.78 is 6.97. The number of aryl methyl sites for hydroxylation is 3. The molecule has 0 N–H and O–H groups in total. The first-order chi connectivity index (χ1) is 10.6. The molecule has 22 heavy (non-hydrogen) atoms. The number of benzene rings is 1. The number of nitrogens with zero attached hydrogens (tertiary/aromatic N) is 3. The quantitative estimate of drug-likeness (QED) is 0.508. The Bertz CT molecular complexity index is 1010. The van der Waals surface area contributed by atoms with Crippen molar-refractivity contribution in [2.45, 2.75) is 20.8 Å². The number of halogens is 1. The minimum absolute atomic E-state index is 0.820. The number of hydrogen-bond acceptors (Lipinski definition) is 3. The molecule has 0 unspecified atom stereocenters. The maximum Gasteiger partial charge on any atom is 0.141 e. The van der Waals surface area contributed by atoms with Crippen molar-refractivity contribution in [2.75, 3.05) is 0 Å². The average Bonchev–Trinajstić information content (AvgIpc) is 2.97. The van der Waals surface area contributed by atoms with Gasteiger partial charge in [-0.15, -0.1) is 0 Å². The van der Waals surface area contributed by atoms with Crippen molar-refractivity contribution in [3.63, 3.8) is 0 Å². The summed E-state index contributed by atoms with van der Waals surface area (Å²) in [7, 11) is 0. The van der Waals surface area contributed by atoms with Crippen LogP contribution in [0.3, 0.4) is 0 Å². The Morgan fingerprint density at radius 2 is 1.86 bits per heavy atom. The van der Waals surface area contributed by atoms with E-state index in [0.29, 0.717) is 0 Å². The van der Waals surface area contributed by atoms with Gasteiger partial charge < -0.3 is 4.52 Å². The van der Waals surface area contributed by atoms with Crippen LogP contribution in [-0.4, -0.2) is 14.2 Å². The molecule has 5 heteroatoms. The molecule has 4 nitrogen and oxygen atoms in total. The molecule has 4 rings (SSSR count). The molecule has 3 aromatic heterocycles. The molecule has 0 aliphatic carbocycles. The fourth-order valence-corrected chi connectivity index (χ4v) is 3.31. The van der Waals surface area contributed by atoms with Crippen molar-refractivity contribution in [3.8, 4) is 11.1 Å². The van der Waals surface area contributed by atoms with Crippen molar-refractivity contribution in [2.24, 2.45) is 0 Å². The summed E-state index contributed by atoms with van der Waals surface area (Å²) in [6.07, 6.45) is 1.88. The van der Waals surface area contributed by atoms with Crippen molar-refractivity contribution >= 4 is 33.6 Å². The predicted molar refractivity (Wildman–Crippen MR) is 88.2 cm³/mol. The minimum atomic E-state index is 0.820. The zero-order valence-electron chi connectivity index (χ0n) is 12.5. The van der Waals surface area contributed by atoms with Crippen molar-refractivity contribution in [1.82, 2.24) is 14.2 Å². The Kier molecular flexibility index (Phi) is 2.78. The zero-order valence-corrected chi connectivity index (χ0v) is 13.3. The highest BCUT2D eigenvalue weighted by Crippen LogP contribution is 2.35. The van der Waals surface area contributed by atoms with E-state index in [1.807, 2.05) is 45.2 Å². The second-order valence-corrected chi connectivity index (χ2v) is 5.89. The monoisotopic (exact) mass is 311 g/mol. The van der Waals surface area contributed by atoms with E-state index in [0.717, 1.165) is 50.1 Å². The average molecular weight is 312 g/mol. The van der Waals surface area contributed by atoms with Crippen LogP contribution in [0.25, 0.3) is 32.9 Å². The van der Waals surface area contributed by atoms with Crippen LogP contribution < -0.4 is 0 Å². The second-order valence-electron chi connectivity index (χ2n) is 5.55. The summed E-state index contributed by atoms with van der Waals surface area (Å²) in [6, 6.07) is 8.20. The molecule has 0 spiro atoms. The molecule has 0 atom stereocenters. The van der Waals surface area contributed by atoms with Crippen molar-refractivity contribution in [3.05, 3.63) is 47.6 Å². The highest BCUT2D eigenvalue weighted by Gasteiger charge is 2.15. The van der Waals surface area contributed by atoms with Crippen LogP contribution in [-0.2, 0) is 0 Å². The highest BCUT2D eigenvalue weighted by molar-refractivity contribution is 6.26. The van der Waals surface area contributed by atoms with Crippen LogP contribution >= 0.6 is 11.8 Å². The molecule has 1 aromatic carbocycles. The van der Waals surface area contributed by atoms with Crippen LogP contribution in [0.2, 0.25) is 0 Å². The maximum absolute atomic E-state index is 6.46. The van der Waals surface area contributed by atoms with Gasteiger partial charge in [0.05, 0.1) is 16.7 Å². The van der Waals surface area contributed by atoms with Crippen LogP contribution in [0.4, 0.5) is 0 Å². The van der Waals surface area contributed by atoms with Gasteiger partial charge in [0.1, 0.15) is 5.76 Å². The topological polar surface area (TPSA) is 43.9 Å². The fraction of sp³-hybridized carbons (Fsp3) is 0.176. The molecule has 0 aliphatic rings. The fourth-order valence-electron chi connectivity index (χ4n) is 3.02. The molecule has 110 valence electrons. The molecular formula is C17H14ClN3O. The Labute approximate surface area is 132 Å². The van der Waals surface area contributed by atoms with Gasteiger partial charge in [0, 0.05) is 40.0 Å². The Balaban J connectivity index is 2.08. The lowest BCUT2D eigenvalue weighted by Crippen LogP contribution is -1.83. The molecule has 0 fully saturated rings. The van der Waals surface area contributed by atoms with Gasteiger partial charge in [-0.25, -0.2) is 0 Å². The first-order valence-electron chi connectivity index (χ1n) is 7.06. The first kappa shape index (κ1) is 13.3. The van der Waals surface area contributed by atoms with Crippen LogP contribution in [0.15, 0.2) is 35.0 Å². The molecule has 0 bridgehead atoms. The van der Waals surface area contributed by atoms with Gasteiger partial charge >= 0.3 is 0 Å². The Hall–Kier alpha value is -2.33. The number of pyridine rings is 1. The van der Waals surface area contributed by atoms with E-state index in [1.54, 1.807) is 4.09 Å². The van der Waals surface area contributed by atoms with Gasteiger partial charge in [0.15, 0.2) is 0 Å². The molecule has 3 heterocycles. The Morgan fingerprint density at radius 1 is 1.05 bits per heavy atom. The molecule has 0 saturated heterocycles. The van der Waals surface area contributed by atoms with Crippen LogP contribution in [0.1, 0.15) is 17.1 Å². The van der Waals surface area contributed by atoms with E-state index in [1.165, 1.54) is 0 Å². The molecular weight excluding hydrogens is 298 g/mol. The SMILES string of the molecule is Cc1cc2c(cn1)c1cc(-c3c(C)noc3C)ccc1n2Cl. The summed E-state index contributed by atoms with van der Waals surface area (Å²) in [5.74, 6) is 0.820. The maximum atomic E-state index is 6.46. The highest BCUT2D eigenvalue weighted by atomic mass is 35.5. The molecule has 0 saturated carbocycles. The van der Waals surface area contributed by atoms with E-state index >= 15 is 0 Å². The van der Waals surface area contributed by atoms with Gasteiger partial charge in [0.2, 0.25) is 0 Å². The van der Waals surface area contributed by atoms with Gasteiger partial charge in [-0.1, -0.05) is 11.2 Å². The smallest absolute Gasteiger partial charge is 0.141 e. The lowest BCUT2D eigenvalue weighted by molar-refractivity contribution is 0.393. The number of aromatic nitrogens is 3. The molecule has 0 amide bonds. The summed E-state index contributed by atoms with van der Waals surface area (Å²) in [5, 5.41) is 6.16. The predicted octanol–water partition coefficient (Wildman–Crippen LogP) is 4.77. The van der Waals surface area contributed by atoms with Crippen molar-refractivity contribution in [1.29, 1.82) is 0 Å². The van der Waals surface area contributed by atoms with Gasteiger partial charge in [0.25, 0.3) is 0 Å². The summed E-state index contributed by atoms with van der Waals surface area (Å²) in [4.78, 5) is 4.40. The third-order valence-electron chi connectivity index (χ3n) is 4.05. The lowest BCUT2D eigenvalue weighted by Gasteiger charge is -2.01. The standard InChI is InChI=1S/C17H14ClN3O/c1-9-6-16-14(8-19-9)13-7-12(4-5-15(13)21(16)18)17-10(2)20-22-11(17)3/h4-8H,1-3H3. The van der Waals surface area contributed by atoms with Crippen LogP contribution in [0.5, 0.6) is 0 Å². The van der Waals surface area contributed by atoms with E-state index in [-0.39, 0.29) is 0 Å². The second kappa shape index (κ2) is 4.58. The van der Waals surface area contributed by atoms with E-state index in [2.05, 4.69) is 16.2 Å². The lowest BCUT2D eigenvalue weighted by atomic mass is 10.0. The first-order valence-corrected chi connectivity index (χ1v) is 7.40. The summed E-state index contributed by atoms with van der Waals surface area (Å²) >= 11 is 6.46. The summed E-state index contributed by atoms with van der Waals surface area (Å²) in [6.45, 7) is 5.84. The molecule has 0 aliphatic heterocycles. The number of rotatable bonds is 1. The largest absolute Gasteiger partial charge is 0.361 e. The minimum Gasteiger partial charge on any atom is -0.361 e.